The zero-order valence-electron chi connectivity index (χ0n) is 11.2. The maximum atomic E-state index is 12.3. The summed E-state index contributed by atoms with van der Waals surface area (Å²) in [4.78, 5) is 12.3. The highest BCUT2D eigenvalue weighted by Gasteiger charge is 2.10. The molecule has 2 aromatic rings. The van der Waals surface area contributed by atoms with Gasteiger partial charge in [-0.25, -0.2) is 0 Å². The number of para-hydroxylation sites is 1. The number of aliphatic hydroxyl groups is 1. The molecule has 3 nitrogen and oxygen atoms in total. The highest BCUT2D eigenvalue weighted by Crippen LogP contribution is 2.15. The third kappa shape index (κ3) is 3.25. The average Bonchev–Trinajstić information content (AvgIpc) is 2.47. The van der Waals surface area contributed by atoms with Gasteiger partial charge < -0.3 is 10.4 Å². The molecule has 3 heteroatoms. The van der Waals surface area contributed by atoms with E-state index in [1.807, 2.05) is 43.3 Å². The third-order valence-corrected chi connectivity index (χ3v) is 2.91. The van der Waals surface area contributed by atoms with Crippen LogP contribution in [-0.4, -0.2) is 17.6 Å². The molecule has 0 aliphatic rings. The maximum absolute atomic E-state index is 12.3. The second-order valence-corrected chi connectivity index (χ2v) is 4.26. The fourth-order valence-corrected chi connectivity index (χ4v) is 1.87. The lowest BCUT2D eigenvalue weighted by atomic mass is 10.0. The third-order valence-electron chi connectivity index (χ3n) is 2.91. The van der Waals surface area contributed by atoms with Gasteiger partial charge in [-0.05, 0) is 36.8 Å². The number of rotatable bonds is 2. The van der Waals surface area contributed by atoms with Crippen molar-refractivity contribution in [3.8, 4) is 11.8 Å². The number of anilines is 1. The van der Waals surface area contributed by atoms with E-state index in [1.165, 1.54) is 0 Å². The summed E-state index contributed by atoms with van der Waals surface area (Å²) in [5.74, 6) is 5.27. The number of amides is 1. The Kier molecular flexibility index (Phi) is 4.54. The molecule has 2 rings (SSSR count). The Hall–Kier alpha value is -2.57. The van der Waals surface area contributed by atoms with Crippen LogP contribution in [0.2, 0.25) is 0 Å². The molecule has 100 valence electrons. The fourth-order valence-electron chi connectivity index (χ4n) is 1.87. The van der Waals surface area contributed by atoms with Gasteiger partial charge in [-0.3, -0.25) is 4.79 Å². The zero-order valence-corrected chi connectivity index (χ0v) is 11.2. The lowest BCUT2D eigenvalue weighted by molar-refractivity contribution is 0.102. The minimum absolute atomic E-state index is 0.165. The van der Waals surface area contributed by atoms with E-state index in [-0.39, 0.29) is 12.5 Å². The van der Waals surface area contributed by atoms with Crippen LogP contribution in [0.1, 0.15) is 21.5 Å². The smallest absolute Gasteiger partial charge is 0.255 e. The summed E-state index contributed by atoms with van der Waals surface area (Å²) in [7, 11) is 0. The van der Waals surface area contributed by atoms with Gasteiger partial charge in [-0.1, -0.05) is 36.1 Å². The van der Waals surface area contributed by atoms with E-state index in [1.54, 1.807) is 12.1 Å². The molecule has 2 aromatic carbocycles. The number of hydrogen-bond acceptors (Lipinski definition) is 2. The Morgan fingerprint density at radius 1 is 1.15 bits per heavy atom. The summed E-state index contributed by atoms with van der Waals surface area (Å²) < 4.78 is 0. The maximum Gasteiger partial charge on any atom is 0.255 e. The first-order chi connectivity index (χ1) is 9.72. The molecule has 2 N–H and O–H groups in total. The Morgan fingerprint density at radius 3 is 2.60 bits per heavy atom. The summed E-state index contributed by atoms with van der Waals surface area (Å²) in [5.41, 5.74) is 2.89. The number of aliphatic hydroxyl groups excluding tert-OH is 1. The topological polar surface area (TPSA) is 49.3 Å². The summed E-state index contributed by atoms with van der Waals surface area (Å²) in [6, 6.07) is 14.7. The first kappa shape index (κ1) is 13.9. The number of carbonyl (C=O) groups is 1. The van der Waals surface area contributed by atoms with Gasteiger partial charge in [0.2, 0.25) is 0 Å². The predicted molar refractivity (Wildman–Crippen MR) is 79.5 cm³/mol. The second-order valence-electron chi connectivity index (χ2n) is 4.26. The summed E-state index contributed by atoms with van der Waals surface area (Å²) >= 11 is 0. The SMILES string of the molecule is Cc1c(C#CCO)cccc1C(=O)Nc1ccccc1. The van der Waals surface area contributed by atoms with Crippen molar-refractivity contribution in [2.75, 3.05) is 11.9 Å². The highest BCUT2D eigenvalue weighted by atomic mass is 16.2. The number of hydrogen-bond donors (Lipinski definition) is 2. The normalized spacial score (nSPS) is 9.50. The van der Waals surface area contributed by atoms with Crippen LogP contribution in [0.5, 0.6) is 0 Å². The van der Waals surface area contributed by atoms with Gasteiger partial charge in [0.15, 0.2) is 0 Å². The van der Waals surface area contributed by atoms with Crippen molar-refractivity contribution >= 4 is 11.6 Å². The van der Waals surface area contributed by atoms with Crippen molar-refractivity contribution in [1.82, 2.24) is 0 Å². The van der Waals surface area contributed by atoms with E-state index in [0.717, 1.165) is 16.8 Å². The monoisotopic (exact) mass is 265 g/mol. The molecule has 0 aromatic heterocycles. The molecule has 0 spiro atoms. The van der Waals surface area contributed by atoms with Gasteiger partial charge >= 0.3 is 0 Å². The van der Waals surface area contributed by atoms with Crippen LogP contribution in [0.3, 0.4) is 0 Å². The second kappa shape index (κ2) is 6.55. The van der Waals surface area contributed by atoms with Crippen LogP contribution in [0.15, 0.2) is 48.5 Å². The highest BCUT2D eigenvalue weighted by molar-refractivity contribution is 6.05. The van der Waals surface area contributed by atoms with Gasteiger partial charge in [0.1, 0.15) is 6.61 Å². The zero-order chi connectivity index (χ0) is 14.4. The standard InChI is InChI=1S/C17H15NO2/c1-13-14(8-6-12-19)7-5-11-16(13)17(20)18-15-9-3-2-4-10-15/h2-5,7,9-11,19H,12H2,1H3,(H,18,20). The molecule has 0 saturated heterocycles. The minimum atomic E-state index is -0.195. The predicted octanol–water partition coefficient (Wildman–Crippen LogP) is 2.59. The van der Waals surface area contributed by atoms with Gasteiger partial charge in [0, 0.05) is 16.8 Å². The molecule has 0 fully saturated rings. The van der Waals surface area contributed by atoms with E-state index in [9.17, 15) is 4.79 Å². The Balaban J connectivity index is 2.26. The molecule has 0 atom stereocenters. The molecule has 0 unspecified atom stereocenters. The van der Waals surface area contributed by atoms with Crippen molar-refractivity contribution in [2.24, 2.45) is 0 Å². The van der Waals surface area contributed by atoms with Crippen molar-refractivity contribution in [1.29, 1.82) is 0 Å². The minimum Gasteiger partial charge on any atom is -0.384 e. The summed E-state index contributed by atoms with van der Waals surface area (Å²) in [6.45, 7) is 1.65. The van der Waals surface area contributed by atoms with E-state index in [2.05, 4.69) is 17.2 Å². The van der Waals surface area contributed by atoms with Crippen molar-refractivity contribution in [3.05, 3.63) is 65.2 Å². The lowest BCUT2D eigenvalue weighted by Gasteiger charge is -2.09. The van der Waals surface area contributed by atoms with Crippen molar-refractivity contribution in [3.63, 3.8) is 0 Å². The molecule has 0 saturated carbocycles. The van der Waals surface area contributed by atoms with Crippen LogP contribution >= 0.6 is 0 Å². The van der Waals surface area contributed by atoms with Gasteiger partial charge in [0.05, 0.1) is 0 Å². The van der Waals surface area contributed by atoms with E-state index in [0.29, 0.717) is 5.56 Å². The first-order valence-electron chi connectivity index (χ1n) is 6.28. The van der Waals surface area contributed by atoms with Crippen LogP contribution in [-0.2, 0) is 0 Å². The first-order valence-corrected chi connectivity index (χ1v) is 6.28. The van der Waals surface area contributed by atoms with Crippen molar-refractivity contribution < 1.29 is 9.90 Å². The summed E-state index contributed by atoms with van der Waals surface area (Å²) in [5, 5.41) is 11.6. The molecule has 0 radical (unpaired) electrons. The van der Waals surface area contributed by atoms with Crippen LogP contribution in [0.4, 0.5) is 5.69 Å². The lowest BCUT2D eigenvalue weighted by Crippen LogP contribution is -2.13. The van der Waals surface area contributed by atoms with Crippen LogP contribution < -0.4 is 5.32 Å². The van der Waals surface area contributed by atoms with Crippen molar-refractivity contribution in [2.45, 2.75) is 6.92 Å². The van der Waals surface area contributed by atoms with Gasteiger partial charge in [-0.15, -0.1) is 0 Å². The average molecular weight is 265 g/mol. The number of nitrogens with one attached hydrogen (secondary N) is 1. The molecule has 0 bridgehead atoms. The van der Waals surface area contributed by atoms with E-state index >= 15 is 0 Å². The molecule has 20 heavy (non-hydrogen) atoms. The van der Waals surface area contributed by atoms with E-state index in [4.69, 9.17) is 5.11 Å². The molecular formula is C17H15NO2. The fraction of sp³-hybridized carbons (Fsp3) is 0.118. The van der Waals surface area contributed by atoms with Crippen LogP contribution in [0.25, 0.3) is 0 Å². The molecule has 1 amide bonds. The quantitative estimate of drug-likeness (QED) is 0.820. The van der Waals surface area contributed by atoms with Crippen LogP contribution in [0, 0.1) is 18.8 Å². The van der Waals surface area contributed by atoms with Gasteiger partial charge in [0.25, 0.3) is 5.91 Å². The Bertz CT molecular complexity index is 666. The van der Waals surface area contributed by atoms with E-state index < -0.39 is 0 Å². The summed E-state index contributed by atoms with van der Waals surface area (Å²) in [6.07, 6.45) is 0. The number of carbonyl (C=O) groups excluding carboxylic acids is 1. The Morgan fingerprint density at radius 2 is 1.90 bits per heavy atom. The van der Waals surface area contributed by atoms with Gasteiger partial charge in [-0.2, -0.15) is 0 Å². The Labute approximate surface area is 118 Å². The molecular weight excluding hydrogens is 250 g/mol. The number of benzene rings is 2. The molecule has 0 aliphatic heterocycles. The molecule has 0 heterocycles. The molecule has 0 aliphatic carbocycles. The largest absolute Gasteiger partial charge is 0.384 e.